The molecule has 3 heterocycles. The second-order valence-corrected chi connectivity index (χ2v) is 10.6. The number of ether oxygens (including phenoxy) is 2. The lowest BCUT2D eigenvalue weighted by Crippen LogP contribution is -2.40. The largest absolute Gasteiger partial charge is 0.481 e. The highest BCUT2D eigenvalue weighted by atomic mass is 35.5. The van der Waals surface area contributed by atoms with Gasteiger partial charge in [-0.3, -0.25) is 14.2 Å². The van der Waals surface area contributed by atoms with Gasteiger partial charge in [0, 0.05) is 68.3 Å². The Hall–Kier alpha value is -4.32. The van der Waals surface area contributed by atoms with Crippen molar-refractivity contribution in [1.82, 2.24) is 19.4 Å². The normalized spacial score (nSPS) is 13.6. The fourth-order valence-corrected chi connectivity index (χ4v) is 5.29. The molecule has 10 nitrogen and oxygen atoms in total. The van der Waals surface area contributed by atoms with Gasteiger partial charge in [0.2, 0.25) is 5.88 Å². The molecule has 12 heteroatoms. The number of anilines is 1. The van der Waals surface area contributed by atoms with Gasteiger partial charge in [-0.25, -0.2) is 14.2 Å². The van der Waals surface area contributed by atoms with Gasteiger partial charge in [-0.2, -0.15) is 0 Å². The van der Waals surface area contributed by atoms with Gasteiger partial charge in [-0.15, -0.1) is 0 Å². The Kier molecular flexibility index (Phi) is 9.05. The summed E-state index contributed by atoms with van der Waals surface area (Å²) >= 11 is 6.67. The Bertz CT molecular complexity index is 1800. The number of carbonyl (C=O) groups excluding carboxylic acids is 1. The summed E-state index contributed by atoms with van der Waals surface area (Å²) in [7, 11) is 4.25. The first-order valence-corrected chi connectivity index (χ1v) is 14.1. The summed E-state index contributed by atoms with van der Waals surface area (Å²) < 4.78 is 29.0. The van der Waals surface area contributed by atoms with Crippen molar-refractivity contribution in [3.05, 3.63) is 97.5 Å². The average molecular weight is 608 g/mol. The highest BCUT2D eigenvalue weighted by molar-refractivity contribution is 6.36. The van der Waals surface area contributed by atoms with Crippen LogP contribution in [0.25, 0.3) is 22.4 Å². The van der Waals surface area contributed by atoms with Crippen LogP contribution in [0.4, 0.5) is 10.1 Å². The fraction of sp³-hybridized carbons (Fsp3) is 0.290. The quantitative estimate of drug-likeness (QED) is 0.309. The molecule has 0 unspecified atom stereocenters. The molecule has 4 aromatic rings. The summed E-state index contributed by atoms with van der Waals surface area (Å²) in [6, 6.07) is 13.6. The smallest absolute Gasteiger partial charge is 0.330 e. The molecular formula is C31H31ClFN5O5. The van der Waals surface area contributed by atoms with E-state index in [1.165, 1.54) is 27.3 Å². The molecular weight excluding hydrogens is 577 g/mol. The molecule has 224 valence electrons. The maximum atomic E-state index is 16.1. The highest BCUT2D eigenvalue weighted by Gasteiger charge is 2.21. The van der Waals surface area contributed by atoms with Gasteiger partial charge < -0.3 is 24.7 Å². The molecule has 5 rings (SSSR count). The van der Waals surface area contributed by atoms with E-state index in [1.54, 1.807) is 36.4 Å². The topological polar surface area (TPSA) is 116 Å². The van der Waals surface area contributed by atoms with E-state index in [9.17, 15) is 14.4 Å². The van der Waals surface area contributed by atoms with Crippen molar-refractivity contribution in [2.75, 3.05) is 25.6 Å². The SMILES string of the molecule is COc1nc(-c2cccc(-c3cccc(NC(=O)c4cn(C)c(=O)n(C)c4=O)c3Cl)c2F)ccc1CNC1CCOCC1. The van der Waals surface area contributed by atoms with Crippen LogP contribution in [0, 0.1) is 5.82 Å². The number of aromatic nitrogens is 3. The van der Waals surface area contributed by atoms with Crippen molar-refractivity contribution in [3.8, 4) is 28.3 Å². The lowest BCUT2D eigenvalue weighted by atomic mass is 9.99. The first-order chi connectivity index (χ1) is 20.7. The number of methoxy groups -OCH3 is 1. The van der Waals surface area contributed by atoms with E-state index < -0.39 is 23.0 Å². The zero-order valence-electron chi connectivity index (χ0n) is 23.9. The fourth-order valence-electron chi connectivity index (χ4n) is 5.01. The lowest BCUT2D eigenvalue weighted by molar-refractivity contribution is 0.0775. The molecule has 2 aromatic heterocycles. The molecule has 0 spiro atoms. The van der Waals surface area contributed by atoms with Crippen LogP contribution in [-0.4, -0.2) is 46.4 Å². The standard InChI is InChI=1S/C31H31ClFN5O5/c1-37-17-23(30(40)38(2)31(37)41)28(39)35-25-9-5-6-20(26(25)32)21-7-4-8-22(27(21)33)24-11-10-18(29(36-24)42-3)16-34-19-12-14-43-15-13-19/h4-11,17,19,34H,12-16H2,1-3H3,(H,35,39). The van der Waals surface area contributed by atoms with Gasteiger partial charge in [0.15, 0.2) is 0 Å². The molecule has 0 aliphatic carbocycles. The van der Waals surface area contributed by atoms with E-state index in [0.717, 1.165) is 46.9 Å². The molecule has 2 N–H and O–H groups in total. The molecule has 1 amide bonds. The van der Waals surface area contributed by atoms with E-state index in [-0.39, 0.29) is 27.4 Å². The van der Waals surface area contributed by atoms with Crippen molar-refractivity contribution in [2.24, 2.45) is 14.1 Å². The number of hydrogen-bond donors (Lipinski definition) is 2. The van der Waals surface area contributed by atoms with Crippen molar-refractivity contribution < 1.29 is 18.7 Å². The Balaban J connectivity index is 1.42. The Morgan fingerprint density at radius 2 is 1.77 bits per heavy atom. The van der Waals surface area contributed by atoms with E-state index in [0.29, 0.717) is 29.7 Å². The van der Waals surface area contributed by atoms with Crippen molar-refractivity contribution >= 4 is 23.2 Å². The Morgan fingerprint density at radius 3 is 2.51 bits per heavy atom. The summed E-state index contributed by atoms with van der Waals surface area (Å²) in [5.41, 5.74) is 0.631. The summed E-state index contributed by atoms with van der Waals surface area (Å²) in [5.74, 6) is -0.913. The maximum Gasteiger partial charge on any atom is 0.330 e. The van der Waals surface area contributed by atoms with Gasteiger partial charge in [0.05, 0.1) is 23.5 Å². The highest BCUT2D eigenvalue weighted by Crippen LogP contribution is 2.38. The molecule has 1 fully saturated rings. The van der Waals surface area contributed by atoms with E-state index in [1.807, 2.05) is 6.07 Å². The van der Waals surface area contributed by atoms with Gasteiger partial charge >= 0.3 is 5.69 Å². The minimum Gasteiger partial charge on any atom is -0.481 e. The monoisotopic (exact) mass is 607 g/mol. The second-order valence-electron chi connectivity index (χ2n) is 10.2. The molecule has 1 aliphatic rings. The Morgan fingerprint density at radius 1 is 1.07 bits per heavy atom. The number of aryl methyl sites for hydroxylation is 1. The first kappa shape index (κ1) is 30.1. The van der Waals surface area contributed by atoms with E-state index in [2.05, 4.69) is 15.6 Å². The number of carbonyl (C=O) groups is 1. The Labute approximate surface area is 252 Å². The molecule has 1 saturated heterocycles. The number of nitrogens with zero attached hydrogens (tertiary/aromatic N) is 3. The maximum absolute atomic E-state index is 16.1. The van der Waals surface area contributed by atoms with Crippen LogP contribution in [0.1, 0.15) is 28.8 Å². The van der Waals surface area contributed by atoms with Crippen LogP contribution in [0.15, 0.2) is 64.3 Å². The van der Waals surface area contributed by atoms with Crippen molar-refractivity contribution in [1.29, 1.82) is 0 Å². The van der Waals surface area contributed by atoms with Gasteiger partial charge in [0.25, 0.3) is 11.5 Å². The number of amides is 1. The predicted octanol–water partition coefficient (Wildman–Crippen LogP) is 4.14. The number of hydrogen-bond acceptors (Lipinski definition) is 7. The number of rotatable bonds is 8. The number of nitrogens with one attached hydrogen (secondary N) is 2. The number of halogens is 2. The van der Waals surface area contributed by atoms with Gasteiger partial charge in [-0.05, 0) is 31.0 Å². The van der Waals surface area contributed by atoms with E-state index in [4.69, 9.17) is 21.1 Å². The average Bonchev–Trinajstić information content (AvgIpc) is 3.02. The summed E-state index contributed by atoms with van der Waals surface area (Å²) in [6.07, 6.45) is 3.03. The summed E-state index contributed by atoms with van der Waals surface area (Å²) in [4.78, 5) is 42.1. The van der Waals surface area contributed by atoms with Crippen molar-refractivity contribution in [2.45, 2.75) is 25.4 Å². The molecule has 1 aliphatic heterocycles. The van der Waals surface area contributed by atoms with Gasteiger partial charge in [0.1, 0.15) is 11.4 Å². The van der Waals surface area contributed by atoms with E-state index >= 15 is 4.39 Å². The van der Waals surface area contributed by atoms with Gasteiger partial charge in [-0.1, -0.05) is 41.9 Å². The minimum atomic E-state index is -0.757. The minimum absolute atomic E-state index is 0.0774. The van der Waals surface area contributed by atoms with Crippen molar-refractivity contribution in [3.63, 3.8) is 0 Å². The molecule has 0 bridgehead atoms. The number of benzene rings is 2. The lowest BCUT2D eigenvalue weighted by Gasteiger charge is -2.23. The zero-order valence-corrected chi connectivity index (χ0v) is 24.7. The molecule has 2 aromatic carbocycles. The van der Waals surface area contributed by atoms with Crippen LogP contribution < -0.4 is 26.6 Å². The summed E-state index contributed by atoms with van der Waals surface area (Å²) in [6.45, 7) is 2.02. The molecule has 0 radical (unpaired) electrons. The third-order valence-corrected chi connectivity index (χ3v) is 7.84. The second kappa shape index (κ2) is 12.9. The molecule has 43 heavy (non-hydrogen) atoms. The summed E-state index contributed by atoms with van der Waals surface area (Å²) in [5, 5.41) is 6.20. The van der Waals surface area contributed by atoms with Crippen LogP contribution in [0.5, 0.6) is 5.88 Å². The third-order valence-electron chi connectivity index (χ3n) is 7.44. The first-order valence-electron chi connectivity index (χ1n) is 13.7. The van der Waals surface area contributed by atoms with Crippen LogP contribution >= 0.6 is 11.6 Å². The predicted molar refractivity (Wildman–Crippen MR) is 162 cm³/mol. The van der Waals surface area contributed by atoms with Crippen LogP contribution in [-0.2, 0) is 25.4 Å². The molecule has 0 saturated carbocycles. The third kappa shape index (κ3) is 6.24. The molecule has 0 atom stereocenters. The van der Waals surface area contributed by atoms with Crippen LogP contribution in [0.2, 0.25) is 5.02 Å². The zero-order chi connectivity index (χ0) is 30.7. The number of pyridine rings is 1. The van der Waals surface area contributed by atoms with Crippen LogP contribution in [0.3, 0.4) is 0 Å².